The van der Waals surface area contributed by atoms with Crippen molar-refractivity contribution in [1.82, 2.24) is 0 Å². The van der Waals surface area contributed by atoms with Crippen molar-refractivity contribution in [3.05, 3.63) is 0 Å². The maximum absolute atomic E-state index is 10.5. The summed E-state index contributed by atoms with van der Waals surface area (Å²) in [7, 11) is 0. The van der Waals surface area contributed by atoms with E-state index in [1.807, 2.05) is 0 Å². The summed E-state index contributed by atoms with van der Waals surface area (Å²) in [5, 5.41) is 0. The van der Waals surface area contributed by atoms with Crippen molar-refractivity contribution in [3.63, 3.8) is 0 Å². The third kappa shape index (κ3) is 6.48. The zero-order valence-corrected chi connectivity index (χ0v) is 6.64. The molecular formula is C6H6O7. The summed E-state index contributed by atoms with van der Waals surface area (Å²) in [6.07, 6.45) is -1.34. The molecule has 72 valence electrons. The lowest BCUT2D eigenvalue weighted by molar-refractivity contribution is -0.161. The van der Waals surface area contributed by atoms with Crippen molar-refractivity contribution < 1.29 is 33.4 Å². The quantitative estimate of drug-likeness (QED) is 0.332. The lowest BCUT2D eigenvalue weighted by Crippen LogP contribution is -2.18. The van der Waals surface area contributed by atoms with E-state index < -0.39 is 24.7 Å². The van der Waals surface area contributed by atoms with Gasteiger partial charge in [-0.1, -0.05) is 0 Å². The number of rotatable bonds is 3. The molecule has 0 aromatic heterocycles. The molecule has 0 aromatic rings. The van der Waals surface area contributed by atoms with Gasteiger partial charge in [0, 0.05) is 6.92 Å². The van der Waals surface area contributed by atoms with Crippen LogP contribution in [-0.4, -0.2) is 31.2 Å². The SMILES string of the molecule is CC(=O)OC(=O)COC(=O)OC=O. The highest BCUT2D eigenvalue weighted by Gasteiger charge is 2.10. The molecule has 0 amide bonds. The summed E-state index contributed by atoms with van der Waals surface area (Å²) >= 11 is 0. The van der Waals surface area contributed by atoms with E-state index in [-0.39, 0.29) is 6.47 Å². The van der Waals surface area contributed by atoms with E-state index >= 15 is 0 Å². The van der Waals surface area contributed by atoms with Gasteiger partial charge in [-0.15, -0.1) is 0 Å². The van der Waals surface area contributed by atoms with Gasteiger partial charge in [0.15, 0.2) is 6.61 Å². The molecule has 13 heavy (non-hydrogen) atoms. The Labute approximate surface area is 72.6 Å². The van der Waals surface area contributed by atoms with Gasteiger partial charge in [-0.2, -0.15) is 0 Å². The summed E-state index contributed by atoms with van der Waals surface area (Å²) in [6, 6.07) is 0. The van der Waals surface area contributed by atoms with Crippen molar-refractivity contribution >= 4 is 24.6 Å². The number of carbonyl (C=O) groups excluding carboxylic acids is 4. The lowest BCUT2D eigenvalue weighted by Gasteiger charge is -1.99. The standard InChI is InChI=1S/C6H6O7/c1-4(8)13-5(9)2-11-6(10)12-3-7/h3H,2H2,1H3. The normalized spacial score (nSPS) is 8.38. The van der Waals surface area contributed by atoms with Gasteiger partial charge in [-0.25, -0.2) is 9.59 Å². The molecule has 0 unspecified atom stereocenters. The van der Waals surface area contributed by atoms with E-state index in [1.165, 1.54) is 0 Å². The molecule has 0 radical (unpaired) electrons. The molecule has 0 heterocycles. The third-order valence-corrected chi connectivity index (χ3v) is 0.710. The molecule has 0 aliphatic carbocycles. The zero-order valence-electron chi connectivity index (χ0n) is 6.64. The number of ether oxygens (including phenoxy) is 3. The van der Waals surface area contributed by atoms with Gasteiger partial charge >= 0.3 is 24.6 Å². The number of hydrogen-bond acceptors (Lipinski definition) is 7. The van der Waals surface area contributed by atoms with Crippen molar-refractivity contribution in [2.45, 2.75) is 6.92 Å². The molecule has 0 spiro atoms. The van der Waals surface area contributed by atoms with Crippen LogP contribution >= 0.6 is 0 Å². The van der Waals surface area contributed by atoms with Crippen molar-refractivity contribution in [2.75, 3.05) is 6.61 Å². The molecule has 0 aliphatic rings. The second-order valence-electron chi connectivity index (χ2n) is 1.72. The van der Waals surface area contributed by atoms with Crippen LogP contribution < -0.4 is 0 Å². The maximum atomic E-state index is 10.5. The molecule has 0 aliphatic heterocycles. The van der Waals surface area contributed by atoms with Gasteiger partial charge in [0.05, 0.1) is 0 Å². The Hall–Kier alpha value is -1.92. The monoisotopic (exact) mass is 190 g/mol. The minimum Gasteiger partial charge on any atom is -0.422 e. The lowest BCUT2D eigenvalue weighted by atomic mass is 10.7. The molecule has 0 N–H and O–H groups in total. The van der Waals surface area contributed by atoms with Gasteiger partial charge < -0.3 is 14.2 Å². The van der Waals surface area contributed by atoms with Crippen LogP contribution in [0.25, 0.3) is 0 Å². The summed E-state index contributed by atoms with van der Waals surface area (Å²) in [6.45, 7) is 0.0759. The smallest absolute Gasteiger partial charge is 0.422 e. The van der Waals surface area contributed by atoms with Crippen LogP contribution in [0.3, 0.4) is 0 Å². The Morgan fingerprint density at radius 2 is 1.92 bits per heavy atom. The Bertz CT molecular complexity index is 231. The van der Waals surface area contributed by atoms with E-state index in [2.05, 4.69) is 14.2 Å². The van der Waals surface area contributed by atoms with E-state index in [0.29, 0.717) is 0 Å². The van der Waals surface area contributed by atoms with Crippen molar-refractivity contribution in [3.8, 4) is 0 Å². The molecule has 0 aromatic carbocycles. The molecular weight excluding hydrogens is 184 g/mol. The van der Waals surface area contributed by atoms with E-state index in [0.717, 1.165) is 6.92 Å². The fraction of sp³-hybridized carbons (Fsp3) is 0.333. The first-order valence-electron chi connectivity index (χ1n) is 3.04. The highest BCUT2D eigenvalue weighted by Crippen LogP contribution is 1.86. The molecule has 0 bridgehead atoms. The Morgan fingerprint density at radius 3 is 2.38 bits per heavy atom. The fourth-order valence-corrected chi connectivity index (χ4v) is 0.381. The van der Waals surface area contributed by atoms with Gasteiger partial charge in [0.1, 0.15) is 0 Å². The summed E-state index contributed by atoms with van der Waals surface area (Å²) in [5.74, 6) is -1.87. The summed E-state index contributed by atoms with van der Waals surface area (Å²) in [5.41, 5.74) is 0. The van der Waals surface area contributed by atoms with Crippen LogP contribution in [0.15, 0.2) is 0 Å². The summed E-state index contributed by atoms with van der Waals surface area (Å²) in [4.78, 5) is 40.5. The molecule has 0 saturated heterocycles. The largest absolute Gasteiger partial charge is 0.516 e. The van der Waals surface area contributed by atoms with Gasteiger partial charge in [0.25, 0.3) is 0 Å². The number of carbonyl (C=O) groups is 4. The molecule has 0 fully saturated rings. The maximum Gasteiger partial charge on any atom is 0.516 e. The third-order valence-electron chi connectivity index (χ3n) is 0.710. The van der Waals surface area contributed by atoms with Gasteiger partial charge in [-0.3, -0.25) is 9.59 Å². The number of esters is 2. The van der Waals surface area contributed by atoms with E-state index in [9.17, 15) is 19.2 Å². The predicted octanol–water partition coefficient (Wildman–Crippen LogP) is -0.614. The van der Waals surface area contributed by atoms with Crippen molar-refractivity contribution in [2.24, 2.45) is 0 Å². The van der Waals surface area contributed by atoms with Crippen LogP contribution in [0.2, 0.25) is 0 Å². The molecule has 0 atom stereocenters. The highest BCUT2D eigenvalue weighted by molar-refractivity contribution is 5.85. The first-order valence-corrected chi connectivity index (χ1v) is 3.04. The van der Waals surface area contributed by atoms with Gasteiger partial charge in [-0.05, 0) is 0 Å². The first-order chi connectivity index (χ1) is 6.06. The average Bonchev–Trinajstić information content (AvgIpc) is 2.00. The minimum absolute atomic E-state index is 0.154. The average molecular weight is 190 g/mol. The zero-order chi connectivity index (χ0) is 10.3. The minimum atomic E-state index is -1.34. The predicted molar refractivity (Wildman–Crippen MR) is 35.3 cm³/mol. The highest BCUT2D eigenvalue weighted by atomic mass is 16.7. The van der Waals surface area contributed by atoms with Crippen LogP contribution in [0.4, 0.5) is 4.79 Å². The van der Waals surface area contributed by atoms with Crippen LogP contribution in [0, 0.1) is 0 Å². The molecule has 0 saturated carbocycles. The summed E-state index contributed by atoms with van der Waals surface area (Å²) < 4.78 is 11.7. The Kier molecular flexibility index (Phi) is 4.85. The fourth-order valence-electron chi connectivity index (χ4n) is 0.381. The Morgan fingerprint density at radius 1 is 1.31 bits per heavy atom. The topological polar surface area (TPSA) is 96.0 Å². The van der Waals surface area contributed by atoms with E-state index in [1.54, 1.807) is 0 Å². The second-order valence-corrected chi connectivity index (χ2v) is 1.72. The molecule has 7 heteroatoms. The second kappa shape index (κ2) is 5.70. The molecule has 0 rings (SSSR count). The van der Waals surface area contributed by atoms with E-state index in [4.69, 9.17) is 0 Å². The van der Waals surface area contributed by atoms with Crippen LogP contribution in [0.5, 0.6) is 0 Å². The van der Waals surface area contributed by atoms with Crippen molar-refractivity contribution in [1.29, 1.82) is 0 Å². The van der Waals surface area contributed by atoms with Crippen LogP contribution in [-0.2, 0) is 28.6 Å². The van der Waals surface area contributed by atoms with Gasteiger partial charge in [0.2, 0.25) is 0 Å². The van der Waals surface area contributed by atoms with Crippen LogP contribution in [0.1, 0.15) is 6.92 Å². The first kappa shape index (κ1) is 11.1. The number of hydrogen-bond donors (Lipinski definition) is 0. The Balaban J connectivity index is 3.63. The molecule has 7 nitrogen and oxygen atoms in total.